The van der Waals surface area contributed by atoms with Gasteiger partial charge in [-0.05, 0) is 18.1 Å². The highest BCUT2D eigenvalue weighted by molar-refractivity contribution is 5.82. The van der Waals surface area contributed by atoms with Gasteiger partial charge in [-0.25, -0.2) is 9.59 Å². The zero-order chi connectivity index (χ0) is 13.5. The van der Waals surface area contributed by atoms with Gasteiger partial charge < -0.3 is 15.7 Å². The van der Waals surface area contributed by atoms with Crippen LogP contribution >= 0.6 is 0 Å². The average molecular weight is 252 g/mol. The van der Waals surface area contributed by atoms with E-state index in [2.05, 4.69) is 20.8 Å². The second-order valence-corrected chi connectivity index (χ2v) is 4.10. The van der Waals surface area contributed by atoms with Gasteiger partial charge in [0.25, 0.3) is 0 Å². The van der Waals surface area contributed by atoms with Crippen LogP contribution < -0.4 is 10.6 Å². The van der Waals surface area contributed by atoms with Crippen LogP contribution in [0.25, 0.3) is 0 Å². The number of carbonyl (C=O) groups excluding carboxylic acids is 1. The van der Waals surface area contributed by atoms with Gasteiger partial charge >= 0.3 is 12.0 Å². The molecule has 2 amide bonds. The van der Waals surface area contributed by atoms with Gasteiger partial charge in [0, 0.05) is 6.20 Å². The lowest BCUT2D eigenvalue weighted by molar-refractivity contribution is -0.140. The quantitative estimate of drug-likeness (QED) is 0.703. The van der Waals surface area contributed by atoms with Gasteiger partial charge in [-0.15, -0.1) is 0 Å². The van der Waals surface area contributed by atoms with Crippen molar-refractivity contribution in [2.24, 2.45) is 5.92 Å². The highest BCUT2D eigenvalue weighted by atomic mass is 16.4. The third-order valence-corrected chi connectivity index (χ3v) is 2.28. The second kappa shape index (κ2) is 6.53. The molecule has 0 saturated heterocycles. The fraction of sp³-hybridized carbons (Fsp3) is 0.455. The van der Waals surface area contributed by atoms with E-state index in [9.17, 15) is 9.59 Å². The summed E-state index contributed by atoms with van der Waals surface area (Å²) in [5.41, 5.74) is 0.601. The molecule has 1 rings (SSSR count). The zero-order valence-corrected chi connectivity index (χ0v) is 10.3. The Bertz CT molecular complexity index is 408. The van der Waals surface area contributed by atoms with Crippen molar-refractivity contribution in [3.05, 3.63) is 24.0 Å². The Balaban J connectivity index is 2.44. The van der Waals surface area contributed by atoms with Crippen LogP contribution in [0.5, 0.6) is 0 Å². The summed E-state index contributed by atoms with van der Waals surface area (Å²) in [6, 6.07) is 1.97. The normalized spacial score (nSPS) is 11.9. The lowest BCUT2D eigenvalue weighted by atomic mass is 10.1. The van der Waals surface area contributed by atoms with Crippen molar-refractivity contribution < 1.29 is 14.7 Å². The summed E-state index contributed by atoms with van der Waals surface area (Å²) >= 11 is 0. The maximum atomic E-state index is 11.5. The number of carbonyl (C=O) groups is 2. The van der Waals surface area contributed by atoms with Gasteiger partial charge in [-0.2, -0.15) is 10.2 Å². The van der Waals surface area contributed by atoms with E-state index >= 15 is 0 Å². The van der Waals surface area contributed by atoms with Crippen LogP contribution in [0, 0.1) is 5.92 Å². The average Bonchev–Trinajstić information content (AvgIpc) is 2.34. The molecule has 1 heterocycles. The number of carboxylic acid groups (broad SMARTS) is 1. The van der Waals surface area contributed by atoms with Gasteiger partial charge in [0.2, 0.25) is 0 Å². The van der Waals surface area contributed by atoms with Gasteiger partial charge in [-0.3, -0.25) is 0 Å². The number of aromatic nitrogens is 2. The number of hydrogen-bond donors (Lipinski definition) is 3. The molecular formula is C11H16N4O3. The zero-order valence-electron chi connectivity index (χ0n) is 10.3. The fourth-order valence-electron chi connectivity index (χ4n) is 1.30. The SMILES string of the molecule is CC(C)C(NC(=O)NCc1cccnn1)C(=O)O. The highest BCUT2D eigenvalue weighted by Crippen LogP contribution is 2.01. The summed E-state index contributed by atoms with van der Waals surface area (Å²) in [7, 11) is 0. The topological polar surface area (TPSA) is 104 Å². The molecule has 1 unspecified atom stereocenters. The smallest absolute Gasteiger partial charge is 0.326 e. The maximum absolute atomic E-state index is 11.5. The van der Waals surface area contributed by atoms with E-state index in [4.69, 9.17) is 5.11 Å². The monoisotopic (exact) mass is 252 g/mol. The summed E-state index contributed by atoms with van der Waals surface area (Å²) in [5.74, 6) is -1.25. The van der Waals surface area contributed by atoms with E-state index in [1.54, 1.807) is 26.0 Å². The van der Waals surface area contributed by atoms with Crippen molar-refractivity contribution in [3.63, 3.8) is 0 Å². The molecule has 7 heteroatoms. The van der Waals surface area contributed by atoms with E-state index < -0.39 is 18.0 Å². The van der Waals surface area contributed by atoms with Gasteiger partial charge in [0.05, 0.1) is 12.2 Å². The summed E-state index contributed by atoms with van der Waals surface area (Å²) in [6.07, 6.45) is 1.53. The van der Waals surface area contributed by atoms with Crippen LogP contribution in [-0.4, -0.2) is 33.3 Å². The molecule has 0 aliphatic carbocycles. The van der Waals surface area contributed by atoms with E-state index in [-0.39, 0.29) is 12.5 Å². The summed E-state index contributed by atoms with van der Waals surface area (Å²) in [4.78, 5) is 22.4. The van der Waals surface area contributed by atoms with Crippen LogP contribution in [0.2, 0.25) is 0 Å². The molecule has 0 aromatic carbocycles. The molecule has 0 fully saturated rings. The number of nitrogens with one attached hydrogen (secondary N) is 2. The number of urea groups is 1. The largest absolute Gasteiger partial charge is 0.480 e. The molecule has 0 bridgehead atoms. The van der Waals surface area contributed by atoms with Gasteiger partial charge in [0.1, 0.15) is 6.04 Å². The van der Waals surface area contributed by atoms with Crippen molar-refractivity contribution in [3.8, 4) is 0 Å². The van der Waals surface area contributed by atoms with E-state index in [1.807, 2.05) is 0 Å². The predicted molar refractivity (Wildman–Crippen MR) is 63.7 cm³/mol. The Labute approximate surface area is 105 Å². The van der Waals surface area contributed by atoms with Crippen LogP contribution in [0.1, 0.15) is 19.5 Å². The molecule has 3 N–H and O–H groups in total. The number of carboxylic acids is 1. The minimum absolute atomic E-state index is 0.190. The molecule has 0 saturated carbocycles. The summed E-state index contributed by atoms with van der Waals surface area (Å²) in [5, 5.41) is 21.3. The Morgan fingerprint density at radius 2 is 2.17 bits per heavy atom. The van der Waals surface area contributed by atoms with Crippen LogP contribution in [0.4, 0.5) is 4.79 Å². The van der Waals surface area contributed by atoms with Crippen LogP contribution in [0.3, 0.4) is 0 Å². The van der Waals surface area contributed by atoms with Crippen LogP contribution in [0.15, 0.2) is 18.3 Å². The molecule has 18 heavy (non-hydrogen) atoms. The minimum atomic E-state index is -1.06. The first kappa shape index (κ1) is 13.9. The molecule has 98 valence electrons. The Kier molecular flexibility index (Phi) is 5.04. The lowest BCUT2D eigenvalue weighted by Gasteiger charge is -2.18. The molecular weight excluding hydrogens is 236 g/mol. The maximum Gasteiger partial charge on any atom is 0.326 e. The van der Waals surface area contributed by atoms with E-state index in [0.717, 1.165) is 0 Å². The number of rotatable bonds is 5. The Morgan fingerprint density at radius 3 is 2.67 bits per heavy atom. The Hall–Kier alpha value is -2.18. The fourth-order valence-corrected chi connectivity index (χ4v) is 1.30. The van der Waals surface area contributed by atoms with Crippen molar-refractivity contribution in [1.29, 1.82) is 0 Å². The third-order valence-electron chi connectivity index (χ3n) is 2.28. The first-order valence-corrected chi connectivity index (χ1v) is 5.54. The number of nitrogens with zero attached hydrogens (tertiary/aromatic N) is 2. The molecule has 7 nitrogen and oxygen atoms in total. The molecule has 0 aliphatic rings. The van der Waals surface area contributed by atoms with E-state index in [0.29, 0.717) is 5.69 Å². The summed E-state index contributed by atoms with van der Waals surface area (Å²) < 4.78 is 0. The molecule has 0 spiro atoms. The van der Waals surface area contributed by atoms with Gasteiger partial charge in [0.15, 0.2) is 0 Å². The minimum Gasteiger partial charge on any atom is -0.480 e. The number of amides is 2. The van der Waals surface area contributed by atoms with Crippen LogP contribution in [-0.2, 0) is 11.3 Å². The second-order valence-electron chi connectivity index (χ2n) is 4.10. The Morgan fingerprint density at radius 1 is 1.44 bits per heavy atom. The third kappa shape index (κ3) is 4.36. The number of aliphatic carboxylic acids is 1. The van der Waals surface area contributed by atoms with Crippen molar-refractivity contribution in [2.45, 2.75) is 26.4 Å². The first-order valence-electron chi connectivity index (χ1n) is 5.54. The summed E-state index contributed by atoms with van der Waals surface area (Å²) in [6.45, 7) is 3.65. The van der Waals surface area contributed by atoms with E-state index in [1.165, 1.54) is 6.20 Å². The first-order chi connectivity index (χ1) is 8.50. The number of hydrogen-bond acceptors (Lipinski definition) is 4. The lowest BCUT2D eigenvalue weighted by Crippen LogP contribution is -2.48. The van der Waals surface area contributed by atoms with Crippen molar-refractivity contribution in [1.82, 2.24) is 20.8 Å². The van der Waals surface area contributed by atoms with Crippen molar-refractivity contribution >= 4 is 12.0 Å². The predicted octanol–water partition coefficient (Wildman–Crippen LogP) is 0.385. The molecule has 1 aromatic rings. The molecule has 0 aliphatic heterocycles. The molecule has 0 radical (unpaired) electrons. The molecule has 1 atom stereocenters. The standard InChI is InChI=1S/C11H16N4O3/c1-7(2)9(10(16)17)14-11(18)12-6-8-4-3-5-13-15-8/h3-5,7,9H,6H2,1-2H3,(H,16,17)(H2,12,14,18). The highest BCUT2D eigenvalue weighted by Gasteiger charge is 2.23. The van der Waals surface area contributed by atoms with Crippen molar-refractivity contribution in [2.75, 3.05) is 0 Å². The molecule has 1 aromatic heterocycles. The van der Waals surface area contributed by atoms with Gasteiger partial charge in [-0.1, -0.05) is 13.8 Å².